The highest BCUT2D eigenvalue weighted by Crippen LogP contribution is 2.30. The zero-order valence-corrected chi connectivity index (χ0v) is 14.4. The van der Waals surface area contributed by atoms with Crippen molar-refractivity contribution >= 4 is 38.3 Å². The molecule has 6 heteroatoms. The maximum atomic E-state index is 4.40. The normalized spacial score (nSPS) is 11.9. The van der Waals surface area contributed by atoms with Crippen molar-refractivity contribution in [3.63, 3.8) is 0 Å². The summed E-state index contributed by atoms with van der Waals surface area (Å²) in [6.45, 7) is 4.74. The van der Waals surface area contributed by atoms with Crippen molar-refractivity contribution in [1.29, 1.82) is 0 Å². The minimum Gasteiger partial charge on any atom is -0.358 e. The lowest BCUT2D eigenvalue weighted by Crippen LogP contribution is -1.83. The van der Waals surface area contributed by atoms with Crippen LogP contribution in [0.4, 0.5) is 5.82 Å². The molecule has 0 fully saturated rings. The van der Waals surface area contributed by atoms with Crippen LogP contribution in [-0.4, -0.2) is 15.0 Å². The maximum absolute atomic E-state index is 4.40. The van der Waals surface area contributed by atoms with Crippen LogP contribution in [0.25, 0.3) is 21.1 Å². The van der Waals surface area contributed by atoms with Crippen LogP contribution in [0, 0.1) is 6.92 Å². The van der Waals surface area contributed by atoms with Gasteiger partial charge >= 0.3 is 0 Å². The van der Waals surface area contributed by atoms with Crippen molar-refractivity contribution in [2.45, 2.75) is 26.8 Å². The highest BCUT2D eigenvalue weighted by Gasteiger charge is 2.09. The molecule has 1 N–H and O–H groups in total. The van der Waals surface area contributed by atoms with E-state index < -0.39 is 0 Å². The van der Waals surface area contributed by atoms with E-state index in [0.717, 1.165) is 27.8 Å². The Morgan fingerprint density at radius 2 is 2.04 bits per heavy atom. The second kappa shape index (κ2) is 6.13. The average Bonchev–Trinajstić information content (AvgIpc) is 3.16. The molecule has 0 saturated carbocycles. The predicted molar refractivity (Wildman–Crippen MR) is 98.0 cm³/mol. The van der Waals surface area contributed by atoms with Gasteiger partial charge < -0.3 is 4.98 Å². The lowest BCUT2D eigenvalue weighted by molar-refractivity contribution is 0.943. The van der Waals surface area contributed by atoms with E-state index in [1.807, 2.05) is 12.1 Å². The van der Waals surface area contributed by atoms with Crippen molar-refractivity contribution in [2.75, 3.05) is 0 Å². The fourth-order valence-corrected chi connectivity index (χ4v) is 3.79. The van der Waals surface area contributed by atoms with Gasteiger partial charge in [0.25, 0.3) is 0 Å². The van der Waals surface area contributed by atoms with Crippen LogP contribution in [0.15, 0.2) is 46.9 Å². The Bertz CT molecular complexity index is 1040. The molecule has 24 heavy (non-hydrogen) atoms. The molecule has 4 aromatic rings. The van der Waals surface area contributed by atoms with Gasteiger partial charge in [-0.3, -0.25) is 0 Å². The van der Waals surface area contributed by atoms with Gasteiger partial charge in [-0.2, -0.15) is 5.11 Å². The number of aryl methyl sites for hydroxylation is 2. The lowest BCUT2D eigenvalue weighted by atomic mass is 10.1. The Morgan fingerprint density at radius 1 is 1.17 bits per heavy atom. The topological polar surface area (TPSA) is 66.3 Å². The first-order chi connectivity index (χ1) is 11.8. The summed E-state index contributed by atoms with van der Waals surface area (Å²) in [5, 5.41) is 11.0. The number of thiophene rings is 1. The monoisotopic (exact) mass is 335 g/mol. The van der Waals surface area contributed by atoms with E-state index in [9.17, 15) is 0 Å². The maximum Gasteiger partial charge on any atom is 0.185 e. The SMILES string of the molecule is CCc1cc2c(N=NCc3c(C)[nH]c4ccccc34)ncnc2s1. The summed E-state index contributed by atoms with van der Waals surface area (Å²) in [5.74, 6) is 0.647. The van der Waals surface area contributed by atoms with Gasteiger partial charge in [0.2, 0.25) is 0 Å². The van der Waals surface area contributed by atoms with E-state index in [0.29, 0.717) is 12.4 Å². The molecule has 0 radical (unpaired) electrons. The van der Waals surface area contributed by atoms with Crippen LogP contribution in [-0.2, 0) is 13.0 Å². The summed E-state index contributed by atoms with van der Waals surface area (Å²) in [6.07, 6.45) is 2.55. The zero-order valence-electron chi connectivity index (χ0n) is 13.6. The highest BCUT2D eigenvalue weighted by molar-refractivity contribution is 7.18. The van der Waals surface area contributed by atoms with Crippen LogP contribution in [0.1, 0.15) is 23.1 Å². The summed E-state index contributed by atoms with van der Waals surface area (Å²) < 4.78 is 0. The third-order valence-corrected chi connectivity index (χ3v) is 5.32. The molecule has 0 aliphatic carbocycles. The van der Waals surface area contributed by atoms with Gasteiger partial charge in [-0.25, -0.2) is 9.97 Å². The number of azo groups is 1. The third kappa shape index (κ3) is 2.59. The predicted octanol–water partition coefficient (Wildman–Crippen LogP) is 5.33. The van der Waals surface area contributed by atoms with Crippen LogP contribution in [0.3, 0.4) is 0 Å². The minimum atomic E-state index is 0.534. The number of hydrogen-bond donors (Lipinski definition) is 1. The fourth-order valence-electron chi connectivity index (χ4n) is 2.86. The summed E-state index contributed by atoms with van der Waals surface area (Å²) in [7, 11) is 0. The number of nitrogens with zero attached hydrogens (tertiary/aromatic N) is 4. The number of hydrogen-bond acceptors (Lipinski definition) is 5. The minimum absolute atomic E-state index is 0.534. The molecule has 0 aliphatic rings. The number of aromatic nitrogens is 3. The molecule has 120 valence electrons. The molecule has 5 nitrogen and oxygen atoms in total. The third-order valence-electron chi connectivity index (χ3n) is 4.13. The van der Waals surface area contributed by atoms with E-state index in [-0.39, 0.29) is 0 Å². The smallest absolute Gasteiger partial charge is 0.185 e. The number of aromatic amines is 1. The fraction of sp³-hybridized carbons (Fsp3) is 0.222. The molecule has 3 heterocycles. The lowest BCUT2D eigenvalue weighted by Gasteiger charge is -1.96. The second-order valence-corrected chi connectivity index (χ2v) is 6.77. The molecule has 0 aliphatic heterocycles. The molecule has 0 saturated heterocycles. The van der Waals surface area contributed by atoms with E-state index in [1.54, 1.807) is 17.7 Å². The second-order valence-electron chi connectivity index (χ2n) is 5.66. The first kappa shape index (κ1) is 15.0. The van der Waals surface area contributed by atoms with Gasteiger partial charge in [0, 0.05) is 27.0 Å². The van der Waals surface area contributed by atoms with Crippen LogP contribution in [0.2, 0.25) is 0 Å². The van der Waals surface area contributed by atoms with Gasteiger partial charge in [-0.05, 0) is 25.5 Å². The van der Waals surface area contributed by atoms with Crippen molar-refractivity contribution in [1.82, 2.24) is 15.0 Å². The van der Waals surface area contributed by atoms with Gasteiger partial charge in [0.1, 0.15) is 11.2 Å². The van der Waals surface area contributed by atoms with Crippen molar-refractivity contribution in [3.05, 3.63) is 52.8 Å². The van der Waals surface area contributed by atoms with Crippen LogP contribution < -0.4 is 0 Å². The van der Waals surface area contributed by atoms with Crippen molar-refractivity contribution < 1.29 is 0 Å². The Morgan fingerprint density at radius 3 is 2.92 bits per heavy atom. The standard InChI is InChI=1S/C18H17N5S/c1-3-12-8-14-17(19-10-20-18(14)24-12)23-21-9-15-11(2)22-16-7-5-4-6-13(15)16/h4-8,10,22H,3,9H2,1-2H3. The first-order valence-corrected chi connectivity index (χ1v) is 8.75. The number of fused-ring (bicyclic) bond motifs is 2. The molecule has 0 bridgehead atoms. The van der Waals surface area contributed by atoms with Crippen LogP contribution in [0.5, 0.6) is 0 Å². The van der Waals surface area contributed by atoms with E-state index in [1.165, 1.54) is 15.8 Å². The van der Waals surface area contributed by atoms with Gasteiger partial charge in [0.05, 0.1) is 11.9 Å². The Hall–Kier alpha value is -2.60. The van der Waals surface area contributed by atoms with E-state index in [2.05, 4.69) is 57.2 Å². The molecule has 4 rings (SSSR count). The molecule has 1 aromatic carbocycles. The summed E-state index contributed by atoms with van der Waals surface area (Å²) >= 11 is 1.69. The number of H-pyrrole nitrogens is 1. The zero-order chi connectivity index (χ0) is 16.5. The number of benzene rings is 1. The molecule has 0 spiro atoms. The number of nitrogens with one attached hydrogen (secondary N) is 1. The summed E-state index contributed by atoms with van der Waals surface area (Å²) in [6, 6.07) is 10.4. The van der Waals surface area contributed by atoms with Gasteiger partial charge in [0.15, 0.2) is 5.82 Å². The number of rotatable bonds is 4. The van der Waals surface area contributed by atoms with Gasteiger partial charge in [-0.15, -0.1) is 16.5 Å². The summed E-state index contributed by atoms with van der Waals surface area (Å²) in [5.41, 5.74) is 3.45. The Balaban J connectivity index is 1.66. The Labute approximate surface area is 143 Å². The summed E-state index contributed by atoms with van der Waals surface area (Å²) in [4.78, 5) is 14.3. The Kier molecular flexibility index (Phi) is 3.82. The van der Waals surface area contributed by atoms with E-state index in [4.69, 9.17) is 0 Å². The highest BCUT2D eigenvalue weighted by atomic mass is 32.1. The molecule has 0 amide bonds. The molecule has 0 unspecified atom stereocenters. The van der Waals surface area contributed by atoms with Crippen LogP contribution >= 0.6 is 11.3 Å². The average molecular weight is 335 g/mol. The number of para-hydroxylation sites is 1. The largest absolute Gasteiger partial charge is 0.358 e. The van der Waals surface area contributed by atoms with Gasteiger partial charge in [-0.1, -0.05) is 25.1 Å². The molecular formula is C18H17N5S. The molecular weight excluding hydrogens is 318 g/mol. The quantitative estimate of drug-likeness (QED) is 0.512. The van der Waals surface area contributed by atoms with Crippen molar-refractivity contribution in [2.24, 2.45) is 10.2 Å². The first-order valence-electron chi connectivity index (χ1n) is 7.93. The molecule has 3 aromatic heterocycles. The van der Waals surface area contributed by atoms with E-state index >= 15 is 0 Å². The van der Waals surface area contributed by atoms with Crippen molar-refractivity contribution in [3.8, 4) is 0 Å². The molecule has 0 atom stereocenters.